The number of aliphatic hydroxyl groups is 1. The Morgan fingerprint density at radius 2 is 1.71 bits per heavy atom. The third-order valence-electron chi connectivity index (χ3n) is 3.12. The van der Waals surface area contributed by atoms with Gasteiger partial charge in [0.05, 0.1) is 22.3 Å². The first-order valence-electron chi connectivity index (χ1n) is 6.94. The highest BCUT2D eigenvalue weighted by Crippen LogP contribution is 2.32. The number of alkyl halides is 3. The topological polar surface area (TPSA) is 54.4 Å². The van der Waals surface area contributed by atoms with Gasteiger partial charge in [0.15, 0.2) is 9.84 Å². The minimum atomic E-state index is -4.44. The first-order valence-corrected chi connectivity index (χ1v) is 9.58. The zero-order valence-corrected chi connectivity index (χ0v) is 14.0. The third kappa shape index (κ3) is 5.25. The van der Waals surface area contributed by atoms with Crippen molar-refractivity contribution >= 4 is 21.6 Å². The summed E-state index contributed by atoms with van der Waals surface area (Å²) in [5, 5.41) is 9.91. The number of thioether (sulfide) groups is 1. The van der Waals surface area contributed by atoms with E-state index in [1.165, 1.54) is 24.3 Å². The molecule has 3 nitrogen and oxygen atoms in total. The largest absolute Gasteiger partial charge is 0.416 e. The monoisotopic (exact) mass is 376 g/mol. The number of benzene rings is 2. The van der Waals surface area contributed by atoms with Crippen LogP contribution in [0.4, 0.5) is 13.2 Å². The van der Waals surface area contributed by atoms with E-state index in [1.807, 2.05) is 0 Å². The lowest BCUT2D eigenvalue weighted by molar-refractivity contribution is -0.137. The van der Waals surface area contributed by atoms with Gasteiger partial charge in [-0.2, -0.15) is 13.2 Å². The van der Waals surface area contributed by atoms with Gasteiger partial charge in [-0.05, 0) is 30.3 Å². The molecule has 0 spiro atoms. The van der Waals surface area contributed by atoms with Crippen LogP contribution in [0.3, 0.4) is 0 Å². The van der Waals surface area contributed by atoms with Crippen LogP contribution in [0.5, 0.6) is 0 Å². The van der Waals surface area contributed by atoms with Crippen LogP contribution in [-0.2, 0) is 16.0 Å². The van der Waals surface area contributed by atoms with Crippen molar-refractivity contribution in [1.29, 1.82) is 0 Å². The van der Waals surface area contributed by atoms with Crippen LogP contribution in [-0.4, -0.2) is 31.1 Å². The molecule has 0 unspecified atom stereocenters. The highest BCUT2D eigenvalue weighted by Gasteiger charge is 2.30. The number of halogens is 3. The summed E-state index contributed by atoms with van der Waals surface area (Å²) < 4.78 is 62.2. The standard InChI is InChI=1S/C16H15F3O3S2/c17-16(18,19)12-5-4-6-14(9-12)23-10-13(20)11-24(21,22)15-7-2-1-3-8-15/h1-9,13,20H,10-11H2/t13-/m1/s1. The average molecular weight is 376 g/mol. The van der Waals surface area contributed by atoms with E-state index in [1.54, 1.807) is 18.2 Å². The second-order valence-corrected chi connectivity index (χ2v) is 8.21. The molecule has 1 N–H and O–H groups in total. The number of sulfone groups is 1. The lowest BCUT2D eigenvalue weighted by atomic mass is 10.2. The van der Waals surface area contributed by atoms with Crippen LogP contribution in [0, 0.1) is 0 Å². The number of rotatable bonds is 6. The van der Waals surface area contributed by atoms with Crippen molar-refractivity contribution in [3.05, 3.63) is 60.2 Å². The van der Waals surface area contributed by atoms with E-state index in [-0.39, 0.29) is 10.6 Å². The molecular formula is C16H15F3O3S2. The molecule has 0 saturated carbocycles. The van der Waals surface area contributed by atoms with Crippen LogP contribution in [0.1, 0.15) is 5.56 Å². The Morgan fingerprint density at radius 1 is 1.04 bits per heavy atom. The van der Waals surface area contributed by atoms with Crippen molar-refractivity contribution < 1.29 is 26.7 Å². The van der Waals surface area contributed by atoms with E-state index in [4.69, 9.17) is 0 Å². The molecule has 2 rings (SSSR count). The van der Waals surface area contributed by atoms with Gasteiger partial charge >= 0.3 is 6.18 Å². The van der Waals surface area contributed by atoms with Crippen LogP contribution in [0.2, 0.25) is 0 Å². The molecule has 0 aliphatic rings. The van der Waals surface area contributed by atoms with Gasteiger partial charge in [-0.25, -0.2) is 8.42 Å². The number of hydrogen-bond acceptors (Lipinski definition) is 4. The van der Waals surface area contributed by atoms with Crippen molar-refractivity contribution in [1.82, 2.24) is 0 Å². The molecule has 0 aliphatic carbocycles. The van der Waals surface area contributed by atoms with Crippen molar-refractivity contribution in [3.8, 4) is 0 Å². The molecule has 1 atom stereocenters. The summed E-state index contributed by atoms with van der Waals surface area (Å²) in [6, 6.07) is 12.4. The summed E-state index contributed by atoms with van der Waals surface area (Å²) in [7, 11) is -3.64. The minimum absolute atomic E-state index is 0.0205. The molecule has 24 heavy (non-hydrogen) atoms. The highest BCUT2D eigenvalue weighted by molar-refractivity contribution is 7.99. The molecule has 0 bridgehead atoms. The minimum Gasteiger partial charge on any atom is -0.391 e. The summed E-state index contributed by atoms with van der Waals surface area (Å²) in [5.74, 6) is -0.504. The summed E-state index contributed by atoms with van der Waals surface area (Å²) in [6.45, 7) is 0. The van der Waals surface area contributed by atoms with Gasteiger partial charge in [0.2, 0.25) is 0 Å². The Balaban J connectivity index is 1.98. The Labute approximate surface area is 142 Å². The van der Waals surface area contributed by atoms with Gasteiger partial charge in [-0.3, -0.25) is 0 Å². The van der Waals surface area contributed by atoms with E-state index in [0.29, 0.717) is 4.90 Å². The number of aliphatic hydroxyl groups excluding tert-OH is 1. The maximum Gasteiger partial charge on any atom is 0.416 e. The van der Waals surface area contributed by atoms with E-state index in [2.05, 4.69) is 0 Å². The average Bonchev–Trinajstić information content (AvgIpc) is 2.53. The fraction of sp³-hybridized carbons (Fsp3) is 0.250. The van der Waals surface area contributed by atoms with E-state index >= 15 is 0 Å². The first kappa shape index (κ1) is 18.8. The maximum atomic E-state index is 12.6. The second-order valence-electron chi connectivity index (χ2n) is 5.08. The van der Waals surface area contributed by atoms with E-state index in [9.17, 15) is 26.7 Å². The van der Waals surface area contributed by atoms with Gasteiger partial charge in [0.25, 0.3) is 0 Å². The Bertz CT molecular complexity index is 775. The molecule has 2 aromatic carbocycles. The molecule has 0 saturated heterocycles. The summed E-state index contributed by atoms with van der Waals surface area (Å²) in [6.07, 6.45) is -5.62. The quantitative estimate of drug-likeness (QED) is 0.783. The predicted octanol–water partition coefficient (Wildman–Crippen LogP) is 3.63. The molecule has 0 fully saturated rings. The van der Waals surface area contributed by atoms with E-state index < -0.39 is 33.4 Å². The molecule has 8 heteroatoms. The molecule has 0 radical (unpaired) electrons. The first-order chi connectivity index (χ1) is 11.2. The van der Waals surface area contributed by atoms with E-state index in [0.717, 1.165) is 23.9 Å². The molecule has 0 heterocycles. The fourth-order valence-electron chi connectivity index (χ4n) is 1.98. The summed E-state index contributed by atoms with van der Waals surface area (Å²) in [5.41, 5.74) is -0.779. The van der Waals surface area contributed by atoms with Crippen LogP contribution >= 0.6 is 11.8 Å². The van der Waals surface area contributed by atoms with Gasteiger partial charge in [-0.15, -0.1) is 11.8 Å². The molecule has 0 aromatic heterocycles. The zero-order valence-electron chi connectivity index (χ0n) is 12.4. The third-order valence-corrected chi connectivity index (χ3v) is 6.07. The highest BCUT2D eigenvalue weighted by atomic mass is 32.2. The fourth-order valence-corrected chi connectivity index (χ4v) is 4.41. The van der Waals surface area contributed by atoms with Gasteiger partial charge < -0.3 is 5.11 Å². The van der Waals surface area contributed by atoms with Crippen LogP contribution in [0.25, 0.3) is 0 Å². The normalized spacial score (nSPS) is 13.7. The molecule has 0 aliphatic heterocycles. The Hall–Kier alpha value is -1.51. The second kappa shape index (κ2) is 7.58. The SMILES string of the molecule is O=S(=O)(C[C@H](O)CSc1cccc(C(F)(F)F)c1)c1ccccc1. The molecule has 2 aromatic rings. The Kier molecular flexibility index (Phi) is 5.95. The summed E-state index contributed by atoms with van der Waals surface area (Å²) in [4.78, 5) is 0.425. The smallest absolute Gasteiger partial charge is 0.391 e. The maximum absolute atomic E-state index is 12.6. The Morgan fingerprint density at radius 3 is 2.33 bits per heavy atom. The van der Waals surface area contributed by atoms with Crippen molar-refractivity contribution in [3.63, 3.8) is 0 Å². The molecule has 130 valence electrons. The van der Waals surface area contributed by atoms with Crippen molar-refractivity contribution in [2.24, 2.45) is 0 Å². The lowest BCUT2D eigenvalue weighted by Gasteiger charge is -2.12. The zero-order chi connectivity index (χ0) is 17.8. The predicted molar refractivity (Wildman–Crippen MR) is 86.7 cm³/mol. The van der Waals surface area contributed by atoms with Crippen molar-refractivity contribution in [2.45, 2.75) is 22.1 Å². The lowest BCUT2D eigenvalue weighted by Crippen LogP contribution is -2.23. The van der Waals surface area contributed by atoms with Gasteiger partial charge in [-0.1, -0.05) is 24.3 Å². The summed E-state index contributed by atoms with van der Waals surface area (Å²) >= 11 is 0.980. The molecule has 0 amide bonds. The molecular weight excluding hydrogens is 361 g/mol. The number of hydrogen-bond donors (Lipinski definition) is 1. The van der Waals surface area contributed by atoms with Crippen molar-refractivity contribution in [2.75, 3.05) is 11.5 Å². The van der Waals surface area contributed by atoms with Crippen LogP contribution in [0.15, 0.2) is 64.4 Å². The van der Waals surface area contributed by atoms with Gasteiger partial charge in [0.1, 0.15) is 0 Å². The van der Waals surface area contributed by atoms with Gasteiger partial charge in [0, 0.05) is 10.6 Å². The van der Waals surface area contributed by atoms with Crippen LogP contribution < -0.4 is 0 Å².